The Morgan fingerprint density at radius 2 is 1.75 bits per heavy atom. The number of nitrogens with one attached hydrogen (secondary N) is 1. The standard InChI is InChI=1S/C19H21N3O2/c1-13(18(20)23)21-19(24)17(15-8-3-2-4-9-15)22-12-11-14-7-5-6-10-16(14)22/h2-10,13,17H,11-12H2,1H3,(H2,20,23)(H,21,24)/t13-,17?/m0/s1. The van der Waals surface area contributed by atoms with E-state index in [9.17, 15) is 9.59 Å². The van der Waals surface area contributed by atoms with E-state index in [0.29, 0.717) is 0 Å². The zero-order chi connectivity index (χ0) is 17.1. The Morgan fingerprint density at radius 3 is 2.46 bits per heavy atom. The molecule has 2 atom stereocenters. The van der Waals surface area contributed by atoms with Gasteiger partial charge in [0.2, 0.25) is 11.8 Å². The molecule has 2 aromatic rings. The number of hydrogen-bond acceptors (Lipinski definition) is 3. The second kappa shape index (κ2) is 6.74. The molecule has 5 heteroatoms. The summed E-state index contributed by atoms with van der Waals surface area (Å²) < 4.78 is 0. The molecule has 0 spiro atoms. The van der Waals surface area contributed by atoms with Crippen molar-refractivity contribution in [2.75, 3.05) is 11.4 Å². The van der Waals surface area contributed by atoms with E-state index in [-0.39, 0.29) is 5.91 Å². The molecule has 0 aliphatic carbocycles. The van der Waals surface area contributed by atoms with Gasteiger partial charge in [-0.25, -0.2) is 0 Å². The molecule has 0 saturated carbocycles. The second-order valence-corrected chi connectivity index (χ2v) is 6.02. The molecular weight excluding hydrogens is 302 g/mol. The Kier molecular flexibility index (Phi) is 4.51. The van der Waals surface area contributed by atoms with E-state index < -0.39 is 18.0 Å². The molecule has 3 rings (SSSR count). The molecular formula is C19H21N3O2. The zero-order valence-electron chi connectivity index (χ0n) is 13.6. The summed E-state index contributed by atoms with van der Waals surface area (Å²) >= 11 is 0. The van der Waals surface area contributed by atoms with Crippen molar-refractivity contribution in [1.29, 1.82) is 0 Å². The molecule has 1 unspecified atom stereocenters. The Balaban J connectivity index is 1.95. The summed E-state index contributed by atoms with van der Waals surface area (Å²) in [7, 11) is 0. The molecule has 124 valence electrons. The minimum Gasteiger partial charge on any atom is -0.368 e. The van der Waals surface area contributed by atoms with Crippen molar-refractivity contribution in [3.63, 3.8) is 0 Å². The monoisotopic (exact) mass is 323 g/mol. The van der Waals surface area contributed by atoms with E-state index >= 15 is 0 Å². The SMILES string of the molecule is C[C@H](NC(=O)C(c1ccccc1)N1CCc2ccccc21)C(N)=O. The molecule has 0 aromatic heterocycles. The lowest BCUT2D eigenvalue weighted by Gasteiger charge is -2.30. The highest BCUT2D eigenvalue weighted by atomic mass is 16.2. The summed E-state index contributed by atoms with van der Waals surface area (Å²) in [4.78, 5) is 26.3. The van der Waals surface area contributed by atoms with Crippen molar-refractivity contribution in [1.82, 2.24) is 5.32 Å². The highest BCUT2D eigenvalue weighted by Gasteiger charge is 2.33. The van der Waals surface area contributed by atoms with Gasteiger partial charge in [0, 0.05) is 12.2 Å². The number of primary amides is 1. The number of anilines is 1. The smallest absolute Gasteiger partial charge is 0.248 e. The topological polar surface area (TPSA) is 75.4 Å². The first-order valence-electron chi connectivity index (χ1n) is 8.07. The quantitative estimate of drug-likeness (QED) is 0.881. The van der Waals surface area contributed by atoms with Gasteiger partial charge in [0.25, 0.3) is 0 Å². The van der Waals surface area contributed by atoms with Crippen molar-refractivity contribution in [2.45, 2.75) is 25.4 Å². The highest BCUT2D eigenvalue weighted by molar-refractivity contribution is 5.91. The third kappa shape index (κ3) is 3.11. The van der Waals surface area contributed by atoms with Crippen molar-refractivity contribution >= 4 is 17.5 Å². The number of carbonyl (C=O) groups excluding carboxylic acids is 2. The van der Waals surface area contributed by atoms with Gasteiger partial charge in [-0.2, -0.15) is 0 Å². The van der Waals surface area contributed by atoms with Crippen molar-refractivity contribution in [3.05, 3.63) is 65.7 Å². The zero-order valence-corrected chi connectivity index (χ0v) is 13.6. The number of nitrogens with zero attached hydrogens (tertiary/aromatic N) is 1. The average Bonchev–Trinajstić information content (AvgIpc) is 3.00. The van der Waals surface area contributed by atoms with Crippen LogP contribution in [0.25, 0.3) is 0 Å². The summed E-state index contributed by atoms with van der Waals surface area (Å²) in [6, 6.07) is 16.5. The fourth-order valence-corrected chi connectivity index (χ4v) is 3.10. The fourth-order valence-electron chi connectivity index (χ4n) is 3.10. The Labute approximate surface area is 141 Å². The first-order valence-corrected chi connectivity index (χ1v) is 8.07. The van der Waals surface area contributed by atoms with Gasteiger partial charge in [-0.1, -0.05) is 48.5 Å². The van der Waals surface area contributed by atoms with Gasteiger partial charge in [-0.3, -0.25) is 9.59 Å². The van der Waals surface area contributed by atoms with Gasteiger partial charge in [0.1, 0.15) is 12.1 Å². The van der Waals surface area contributed by atoms with Gasteiger partial charge in [0.15, 0.2) is 0 Å². The van der Waals surface area contributed by atoms with E-state index in [4.69, 9.17) is 5.73 Å². The number of nitrogens with two attached hydrogens (primary N) is 1. The summed E-state index contributed by atoms with van der Waals surface area (Å²) in [5, 5.41) is 2.73. The van der Waals surface area contributed by atoms with E-state index in [0.717, 1.165) is 24.2 Å². The van der Waals surface area contributed by atoms with Crippen LogP contribution in [0.3, 0.4) is 0 Å². The van der Waals surface area contributed by atoms with E-state index in [2.05, 4.69) is 16.3 Å². The molecule has 0 saturated heterocycles. The molecule has 0 fully saturated rings. The molecule has 1 aliphatic heterocycles. The maximum atomic E-state index is 12.9. The first-order chi connectivity index (χ1) is 11.6. The van der Waals surface area contributed by atoms with Crippen LogP contribution in [0.1, 0.15) is 24.1 Å². The van der Waals surface area contributed by atoms with Gasteiger partial charge in [0.05, 0.1) is 0 Å². The molecule has 5 nitrogen and oxygen atoms in total. The molecule has 24 heavy (non-hydrogen) atoms. The number of rotatable bonds is 5. The molecule has 2 aromatic carbocycles. The van der Waals surface area contributed by atoms with E-state index in [1.165, 1.54) is 5.56 Å². The lowest BCUT2D eigenvalue weighted by Crippen LogP contribution is -2.47. The number of carbonyl (C=O) groups is 2. The summed E-state index contributed by atoms with van der Waals surface area (Å²) in [5.41, 5.74) is 8.47. The first kappa shape index (κ1) is 16.1. The highest BCUT2D eigenvalue weighted by Crippen LogP contribution is 2.35. The Bertz CT molecular complexity index is 745. The van der Waals surface area contributed by atoms with Crippen molar-refractivity contribution in [3.8, 4) is 0 Å². The third-order valence-corrected chi connectivity index (χ3v) is 4.38. The average molecular weight is 323 g/mol. The summed E-state index contributed by atoms with van der Waals surface area (Å²) in [6.45, 7) is 2.36. The van der Waals surface area contributed by atoms with E-state index in [1.807, 2.05) is 48.5 Å². The van der Waals surface area contributed by atoms with Crippen LogP contribution < -0.4 is 16.0 Å². The van der Waals surface area contributed by atoms with Crippen molar-refractivity contribution in [2.24, 2.45) is 5.73 Å². The molecule has 1 heterocycles. The van der Waals surface area contributed by atoms with Crippen LogP contribution in [0, 0.1) is 0 Å². The van der Waals surface area contributed by atoms with E-state index in [1.54, 1.807) is 6.92 Å². The molecule has 0 radical (unpaired) electrons. The Morgan fingerprint density at radius 1 is 1.08 bits per heavy atom. The normalized spacial score (nSPS) is 15.5. The van der Waals surface area contributed by atoms with Crippen LogP contribution in [0.2, 0.25) is 0 Å². The molecule has 3 N–H and O–H groups in total. The lowest BCUT2D eigenvalue weighted by atomic mass is 10.0. The van der Waals surface area contributed by atoms with Crippen LogP contribution in [-0.4, -0.2) is 24.4 Å². The third-order valence-electron chi connectivity index (χ3n) is 4.38. The Hall–Kier alpha value is -2.82. The largest absolute Gasteiger partial charge is 0.368 e. The van der Waals surface area contributed by atoms with Gasteiger partial charge >= 0.3 is 0 Å². The van der Waals surface area contributed by atoms with Crippen molar-refractivity contribution < 1.29 is 9.59 Å². The minimum absolute atomic E-state index is 0.218. The number of amides is 2. The predicted octanol–water partition coefficient (Wildman–Crippen LogP) is 1.78. The van der Waals surface area contributed by atoms with Crippen LogP contribution in [0.4, 0.5) is 5.69 Å². The summed E-state index contributed by atoms with van der Waals surface area (Å²) in [6.07, 6.45) is 0.901. The van der Waals surface area contributed by atoms with Crippen LogP contribution in [0.5, 0.6) is 0 Å². The minimum atomic E-state index is -0.707. The van der Waals surface area contributed by atoms with Crippen LogP contribution in [-0.2, 0) is 16.0 Å². The maximum Gasteiger partial charge on any atom is 0.248 e. The predicted molar refractivity (Wildman–Crippen MR) is 93.5 cm³/mol. The molecule has 1 aliphatic rings. The maximum absolute atomic E-state index is 12.9. The number of benzene rings is 2. The number of para-hydroxylation sites is 1. The van der Waals surface area contributed by atoms with Crippen LogP contribution in [0.15, 0.2) is 54.6 Å². The number of hydrogen-bond donors (Lipinski definition) is 2. The van der Waals surface area contributed by atoms with Gasteiger partial charge < -0.3 is 16.0 Å². The molecule has 0 bridgehead atoms. The lowest BCUT2D eigenvalue weighted by molar-refractivity contribution is -0.127. The van der Waals surface area contributed by atoms with Gasteiger partial charge in [-0.15, -0.1) is 0 Å². The van der Waals surface area contributed by atoms with Crippen LogP contribution >= 0.6 is 0 Å². The summed E-state index contributed by atoms with van der Waals surface area (Å²) in [5.74, 6) is -0.763. The number of fused-ring (bicyclic) bond motifs is 1. The molecule has 2 amide bonds. The van der Waals surface area contributed by atoms with Gasteiger partial charge in [-0.05, 0) is 30.5 Å². The fraction of sp³-hybridized carbons (Fsp3) is 0.263. The second-order valence-electron chi connectivity index (χ2n) is 6.02.